The van der Waals surface area contributed by atoms with Crippen molar-refractivity contribution in [2.45, 2.75) is 27.3 Å². The maximum absolute atomic E-state index is 4.54. The second kappa shape index (κ2) is 6.86. The molecule has 0 saturated carbocycles. The summed E-state index contributed by atoms with van der Waals surface area (Å²) in [5.41, 5.74) is 2.48. The largest absolute Gasteiger partial charge is 0.321 e. The van der Waals surface area contributed by atoms with E-state index in [1.54, 1.807) is 11.3 Å². The number of thiazole rings is 1. The van der Waals surface area contributed by atoms with Crippen molar-refractivity contribution >= 4 is 22.2 Å². The fourth-order valence-electron chi connectivity index (χ4n) is 2.06. The van der Waals surface area contributed by atoms with Crippen LogP contribution in [-0.2, 0) is 6.54 Å². The van der Waals surface area contributed by atoms with E-state index in [1.165, 1.54) is 16.1 Å². The van der Waals surface area contributed by atoms with E-state index in [4.69, 9.17) is 0 Å². The van der Waals surface area contributed by atoms with E-state index >= 15 is 0 Å². The first-order valence-electron chi connectivity index (χ1n) is 7.02. The fraction of sp³-hybridized carbons (Fsp3) is 0.438. The standard InChI is InChI=1S/C16H23N3S/c1-12(2)9-17-10-14-11-18-16(20-14)19(4)15-8-6-5-7-13(15)3/h5-8,11-12,17H,9-10H2,1-4H3. The van der Waals surface area contributed by atoms with Crippen molar-refractivity contribution in [1.29, 1.82) is 0 Å². The first-order chi connectivity index (χ1) is 9.58. The number of aromatic nitrogens is 1. The number of nitrogens with one attached hydrogen (secondary N) is 1. The molecule has 0 bridgehead atoms. The molecule has 0 fully saturated rings. The Morgan fingerprint density at radius 1 is 1.30 bits per heavy atom. The van der Waals surface area contributed by atoms with Crippen LogP contribution in [0.1, 0.15) is 24.3 Å². The highest BCUT2D eigenvalue weighted by molar-refractivity contribution is 7.15. The van der Waals surface area contributed by atoms with Gasteiger partial charge in [0, 0.05) is 30.4 Å². The summed E-state index contributed by atoms with van der Waals surface area (Å²) in [6.07, 6.45) is 1.97. The molecule has 0 spiro atoms. The van der Waals surface area contributed by atoms with Crippen molar-refractivity contribution in [3.8, 4) is 0 Å². The van der Waals surface area contributed by atoms with Crippen LogP contribution in [0.25, 0.3) is 0 Å². The van der Waals surface area contributed by atoms with Gasteiger partial charge in [-0.2, -0.15) is 0 Å². The molecular formula is C16H23N3S. The Kier molecular flexibility index (Phi) is 5.15. The SMILES string of the molecule is Cc1ccccc1N(C)c1ncc(CNCC(C)C)s1. The maximum atomic E-state index is 4.54. The van der Waals surface area contributed by atoms with E-state index in [1.807, 2.05) is 6.20 Å². The zero-order valence-corrected chi connectivity index (χ0v) is 13.5. The van der Waals surface area contributed by atoms with Crippen molar-refractivity contribution in [2.75, 3.05) is 18.5 Å². The van der Waals surface area contributed by atoms with E-state index in [0.717, 1.165) is 18.2 Å². The van der Waals surface area contributed by atoms with Crippen LogP contribution < -0.4 is 10.2 Å². The first kappa shape index (κ1) is 15.0. The third-order valence-electron chi connectivity index (χ3n) is 3.16. The van der Waals surface area contributed by atoms with Crippen LogP contribution in [0.2, 0.25) is 0 Å². The van der Waals surface area contributed by atoms with Crippen molar-refractivity contribution in [2.24, 2.45) is 5.92 Å². The molecule has 1 aromatic heterocycles. The summed E-state index contributed by atoms with van der Waals surface area (Å²) < 4.78 is 0. The van der Waals surface area contributed by atoms with Gasteiger partial charge in [-0.05, 0) is 31.0 Å². The van der Waals surface area contributed by atoms with Crippen LogP contribution in [0.4, 0.5) is 10.8 Å². The van der Waals surface area contributed by atoms with Gasteiger partial charge in [-0.25, -0.2) is 4.98 Å². The normalized spacial score (nSPS) is 11.1. The van der Waals surface area contributed by atoms with Crippen LogP contribution >= 0.6 is 11.3 Å². The van der Waals surface area contributed by atoms with Crippen LogP contribution in [0.3, 0.4) is 0 Å². The average Bonchev–Trinajstić information content (AvgIpc) is 2.87. The monoisotopic (exact) mass is 289 g/mol. The molecule has 2 aromatic rings. The third-order valence-corrected chi connectivity index (χ3v) is 4.23. The summed E-state index contributed by atoms with van der Waals surface area (Å²) in [7, 11) is 2.08. The molecule has 0 amide bonds. The van der Waals surface area contributed by atoms with Gasteiger partial charge >= 0.3 is 0 Å². The number of hydrogen-bond acceptors (Lipinski definition) is 4. The van der Waals surface area contributed by atoms with Gasteiger partial charge < -0.3 is 10.2 Å². The Morgan fingerprint density at radius 3 is 2.75 bits per heavy atom. The van der Waals surface area contributed by atoms with Gasteiger partial charge in [0.1, 0.15) is 0 Å². The summed E-state index contributed by atoms with van der Waals surface area (Å²) in [5.74, 6) is 0.678. The van der Waals surface area contributed by atoms with Gasteiger partial charge in [-0.1, -0.05) is 32.0 Å². The summed E-state index contributed by atoms with van der Waals surface area (Å²) in [4.78, 5) is 7.97. The lowest BCUT2D eigenvalue weighted by Gasteiger charge is -2.18. The molecule has 1 N–H and O–H groups in total. The smallest absolute Gasteiger partial charge is 0.189 e. The average molecular weight is 289 g/mol. The highest BCUT2D eigenvalue weighted by atomic mass is 32.1. The second-order valence-corrected chi connectivity index (χ2v) is 6.57. The highest BCUT2D eigenvalue weighted by Gasteiger charge is 2.10. The number of nitrogens with zero attached hydrogens (tertiary/aromatic N) is 2. The molecule has 4 heteroatoms. The van der Waals surface area contributed by atoms with Gasteiger partial charge in [0.2, 0.25) is 0 Å². The predicted octanol–water partition coefficient (Wildman–Crippen LogP) is 3.97. The molecule has 0 aliphatic rings. The molecule has 0 unspecified atom stereocenters. The lowest BCUT2D eigenvalue weighted by Crippen LogP contribution is -2.18. The van der Waals surface area contributed by atoms with E-state index in [-0.39, 0.29) is 0 Å². The van der Waals surface area contributed by atoms with Gasteiger partial charge in [0.15, 0.2) is 5.13 Å². The molecule has 1 heterocycles. The van der Waals surface area contributed by atoms with E-state index < -0.39 is 0 Å². The minimum Gasteiger partial charge on any atom is -0.321 e. The number of benzene rings is 1. The van der Waals surface area contributed by atoms with Gasteiger partial charge in [0.05, 0.1) is 0 Å². The zero-order chi connectivity index (χ0) is 14.5. The Hall–Kier alpha value is -1.39. The van der Waals surface area contributed by atoms with Gasteiger partial charge in [-0.3, -0.25) is 0 Å². The predicted molar refractivity (Wildman–Crippen MR) is 87.9 cm³/mol. The van der Waals surface area contributed by atoms with Gasteiger partial charge in [0.25, 0.3) is 0 Å². The molecule has 0 aliphatic carbocycles. The van der Waals surface area contributed by atoms with Crippen LogP contribution in [0, 0.1) is 12.8 Å². The summed E-state index contributed by atoms with van der Waals surface area (Å²) in [6, 6.07) is 8.39. The van der Waals surface area contributed by atoms with Crippen LogP contribution in [0.15, 0.2) is 30.5 Å². The summed E-state index contributed by atoms with van der Waals surface area (Å²) in [6.45, 7) is 8.51. The van der Waals surface area contributed by atoms with Crippen molar-refractivity contribution in [1.82, 2.24) is 10.3 Å². The summed E-state index contributed by atoms with van der Waals surface area (Å²) in [5, 5.41) is 4.50. The highest BCUT2D eigenvalue weighted by Crippen LogP contribution is 2.29. The molecule has 0 saturated heterocycles. The third kappa shape index (κ3) is 3.81. The van der Waals surface area contributed by atoms with Crippen molar-refractivity contribution in [3.63, 3.8) is 0 Å². The molecule has 0 radical (unpaired) electrons. The molecule has 1 aromatic carbocycles. The molecular weight excluding hydrogens is 266 g/mol. The Labute approximate surface area is 125 Å². The second-order valence-electron chi connectivity index (χ2n) is 5.48. The number of para-hydroxylation sites is 1. The Bertz CT molecular complexity index is 548. The lowest BCUT2D eigenvalue weighted by molar-refractivity contribution is 0.554. The zero-order valence-electron chi connectivity index (χ0n) is 12.7. The molecule has 0 aliphatic heterocycles. The molecule has 3 nitrogen and oxygen atoms in total. The Balaban J connectivity index is 2.03. The Morgan fingerprint density at radius 2 is 2.05 bits per heavy atom. The van der Waals surface area contributed by atoms with Crippen molar-refractivity contribution in [3.05, 3.63) is 40.9 Å². The minimum atomic E-state index is 0.678. The number of rotatable bonds is 6. The minimum absolute atomic E-state index is 0.678. The number of anilines is 2. The summed E-state index contributed by atoms with van der Waals surface area (Å²) >= 11 is 1.75. The molecule has 108 valence electrons. The van der Waals surface area contributed by atoms with E-state index in [2.05, 4.69) is 67.3 Å². The maximum Gasteiger partial charge on any atom is 0.189 e. The fourth-order valence-corrected chi connectivity index (χ4v) is 2.92. The van der Waals surface area contributed by atoms with E-state index in [0.29, 0.717) is 5.92 Å². The van der Waals surface area contributed by atoms with Crippen LogP contribution in [0.5, 0.6) is 0 Å². The molecule has 2 rings (SSSR count). The number of hydrogen-bond donors (Lipinski definition) is 1. The van der Waals surface area contributed by atoms with E-state index in [9.17, 15) is 0 Å². The first-order valence-corrected chi connectivity index (χ1v) is 7.84. The van der Waals surface area contributed by atoms with Crippen LogP contribution in [-0.4, -0.2) is 18.6 Å². The lowest BCUT2D eigenvalue weighted by atomic mass is 10.2. The topological polar surface area (TPSA) is 28.2 Å². The molecule has 20 heavy (non-hydrogen) atoms. The number of aryl methyl sites for hydroxylation is 1. The van der Waals surface area contributed by atoms with Crippen molar-refractivity contribution < 1.29 is 0 Å². The molecule has 0 atom stereocenters. The van der Waals surface area contributed by atoms with Gasteiger partial charge in [-0.15, -0.1) is 11.3 Å². The quantitative estimate of drug-likeness (QED) is 0.872.